The summed E-state index contributed by atoms with van der Waals surface area (Å²) in [7, 11) is 0. The molecule has 0 spiro atoms. The highest BCUT2D eigenvalue weighted by Crippen LogP contribution is 2.26. The fraction of sp³-hybridized carbons (Fsp3) is 0.833. The van der Waals surface area contributed by atoms with E-state index < -0.39 is 0 Å². The van der Waals surface area contributed by atoms with Gasteiger partial charge in [-0.3, -0.25) is 0 Å². The number of hydrogen-bond acceptors (Lipinski definition) is 3. The Balaban J connectivity index is 2.06. The van der Waals surface area contributed by atoms with Gasteiger partial charge >= 0.3 is 6.09 Å². The van der Waals surface area contributed by atoms with Gasteiger partial charge in [0.1, 0.15) is 6.10 Å². The second-order valence-corrected chi connectivity index (χ2v) is 2.82. The van der Waals surface area contributed by atoms with Crippen LogP contribution in [0.15, 0.2) is 0 Å². The summed E-state index contributed by atoms with van der Waals surface area (Å²) in [6, 6.07) is 0.0579. The molecule has 3 unspecified atom stereocenters. The van der Waals surface area contributed by atoms with E-state index in [-0.39, 0.29) is 24.3 Å². The van der Waals surface area contributed by atoms with Gasteiger partial charge in [-0.2, -0.15) is 0 Å². The fourth-order valence-electron chi connectivity index (χ4n) is 1.58. The number of carbonyl (C=O) groups excluding carboxylic acids is 1. The third-order valence-corrected chi connectivity index (χ3v) is 2.04. The lowest BCUT2D eigenvalue weighted by Crippen LogP contribution is -2.27. The number of aliphatic hydroxyl groups is 1. The molecule has 10 heavy (non-hydrogen) atoms. The number of hydrogen-bond donors (Lipinski definition) is 2. The molecule has 4 nitrogen and oxygen atoms in total. The molecule has 56 valence electrons. The first-order chi connectivity index (χ1) is 4.75. The Morgan fingerprint density at radius 2 is 2.40 bits per heavy atom. The Kier molecular flexibility index (Phi) is 1.11. The van der Waals surface area contributed by atoms with E-state index in [0.29, 0.717) is 12.8 Å². The standard InChI is InChI=1S/C6H9NO3/c8-3-1-4-5(2-3)10-6(9)7-4/h3-5,8H,1-2H2,(H,7,9). The zero-order valence-electron chi connectivity index (χ0n) is 5.41. The number of aliphatic hydroxyl groups excluding tert-OH is 1. The monoisotopic (exact) mass is 143 g/mol. The molecule has 0 aromatic rings. The molecule has 0 aromatic heterocycles. The van der Waals surface area contributed by atoms with Crippen LogP contribution in [0.1, 0.15) is 12.8 Å². The second-order valence-electron chi connectivity index (χ2n) is 2.82. The molecule has 2 rings (SSSR count). The normalized spacial score (nSPS) is 44.5. The molecule has 0 aromatic carbocycles. The van der Waals surface area contributed by atoms with Gasteiger partial charge < -0.3 is 15.2 Å². The van der Waals surface area contributed by atoms with Gasteiger partial charge in [0.25, 0.3) is 0 Å². The van der Waals surface area contributed by atoms with Gasteiger partial charge in [-0.15, -0.1) is 0 Å². The molecule has 2 aliphatic rings. The van der Waals surface area contributed by atoms with Crippen LogP contribution in [0.2, 0.25) is 0 Å². The van der Waals surface area contributed by atoms with Crippen LogP contribution < -0.4 is 5.32 Å². The van der Waals surface area contributed by atoms with Crippen molar-refractivity contribution in [1.29, 1.82) is 0 Å². The highest BCUT2D eigenvalue weighted by molar-refractivity contribution is 5.70. The van der Waals surface area contributed by atoms with Gasteiger partial charge in [0.05, 0.1) is 12.1 Å². The first-order valence-corrected chi connectivity index (χ1v) is 3.41. The third kappa shape index (κ3) is 0.759. The van der Waals surface area contributed by atoms with E-state index >= 15 is 0 Å². The summed E-state index contributed by atoms with van der Waals surface area (Å²) >= 11 is 0. The number of carbonyl (C=O) groups is 1. The minimum Gasteiger partial charge on any atom is -0.444 e. The molecule has 3 atom stereocenters. The van der Waals surface area contributed by atoms with Crippen molar-refractivity contribution in [2.45, 2.75) is 31.1 Å². The number of ether oxygens (including phenoxy) is 1. The molecule has 4 heteroatoms. The first kappa shape index (κ1) is 5.97. The molecule has 1 heterocycles. The van der Waals surface area contributed by atoms with Crippen LogP contribution in [-0.2, 0) is 4.74 Å². The highest BCUT2D eigenvalue weighted by Gasteiger charge is 2.41. The van der Waals surface area contributed by atoms with Gasteiger partial charge in [-0.1, -0.05) is 0 Å². The number of alkyl carbamates (subject to hydrolysis) is 1. The lowest BCUT2D eigenvalue weighted by Gasteiger charge is -2.01. The van der Waals surface area contributed by atoms with E-state index in [1.54, 1.807) is 0 Å². The van der Waals surface area contributed by atoms with Crippen molar-refractivity contribution in [2.24, 2.45) is 0 Å². The lowest BCUT2D eigenvalue weighted by atomic mass is 10.2. The van der Waals surface area contributed by atoms with Crippen molar-refractivity contribution in [1.82, 2.24) is 5.32 Å². The van der Waals surface area contributed by atoms with Crippen molar-refractivity contribution < 1.29 is 14.6 Å². The second kappa shape index (κ2) is 1.85. The van der Waals surface area contributed by atoms with Gasteiger partial charge in [0, 0.05) is 6.42 Å². The summed E-state index contributed by atoms with van der Waals surface area (Å²) in [5.41, 5.74) is 0. The van der Waals surface area contributed by atoms with Crippen molar-refractivity contribution in [3.8, 4) is 0 Å². The minimum atomic E-state index is -0.345. The van der Waals surface area contributed by atoms with Crippen molar-refractivity contribution >= 4 is 6.09 Å². The molecule has 0 radical (unpaired) electrons. The Labute approximate surface area is 58.2 Å². The number of nitrogens with one attached hydrogen (secondary N) is 1. The van der Waals surface area contributed by atoms with Gasteiger partial charge in [-0.05, 0) is 6.42 Å². The van der Waals surface area contributed by atoms with Crippen LogP contribution in [0.4, 0.5) is 4.79 Å². The zero-order valence-corrected chi connectivity index (χ0v) is 5.41. The van der Waals surface area contributed by atoms with E-state index in [0.717, 1.165) is 0 Å². The van der Waals surface area contributed by atoms with Gasteiger partial charge in [0.15, 0.2) is 0 Å². The SMILES string of the molecule is O=C1NC2CC(O)CC2O1. The molecule has 1 aliphatic heterocycles. The summed E-state index contributed by atoms with van der Waals surface area (Å²) in [5.74, 6) is 0. The maximum atomic E-state index is 10.5. The van der Waals surface area contributed by atoms with E-state index in [1.165, 1.54) is 0 Å². The van der Waals surface area contributed by atoms with Crippen LogP contribution in [-0.4, -0.2) is 29.4 Å². The predicted octanol–water partition coefficient (Wildman–Crippen LogP) is -0.382. The molecule has 1 saturated heterocycles. The van der Waals surface area contributed by atoms with Crippen molar-refractivity contribution in [3.05, 3.63) is 0 Å². The molecule has 1 amide bonds. The Morgan fingerprint density at radius 1 is 1.60 bits per heavy atom. The Bertz CT molecular complexity index is 154. The summed E-state index contributed by atoms with van der Waals surface area (Å²) < 4.78 is 4.85. The van der Waals surface area contributed by atoms with Gasteiger partial charge in [-0.25, -0.2) is 4.79 Å². The van der Waals surface area contributed by atoms with Crippen LogP contribution >= 0.6 is 0 Å². The quantitative estimate of drug-likeness (QED) is 0.486. The highest BCUT2D eigenvalue weighted by atomic mass is 16.6. The average Bonchev–Trinajstić information content (AvgIpc) is 2.21. The van der Waals surface area contributed by atoms with Gasteiger partial charge in [0.2, 0.25) is 0 Å². The Hall–Kier alpha value is -0.770. The molecule has 0 bridgehead atoms. The van der Waals surface area contributed by atoms with Crippen molar-refractivity contribution in [2.75, 3.05) is 0 Å². The summed E-state index contributed by atoms with van der Waals surface area (Å²) in [6.07, 6.45) is 0.500. The fourth-order valence-corrected chi connectivity index (χ4v) is 1.58. The molecule has 2 N–H and O–H groups in total. The van der Waals surface area contributed by atoms with Crippen LogP contribution in [0.5, 0.6) is 0 Å². The number of rotatable bonds is 0. The molecule has 1 saturated carbocycles. The molecule has 1 aliphatic carbocycles. The summed E-state index contributed by atoms with van der Waals surface area (Å²) in [4.78, 5) is 10.5. The van der Waals surface area contributed by atoms with Crippen LogP contribution in [0.25, 0.3) is 0 Å². The number of amides is 1. The Morgan fingerprint density at radius 3 is 3.10 bits per heavy atom. The third-order valence-electron chi connectivity index (χ3n) is 2.04. The first-order valence-electron chi connectivity index (χ1n) is 3.41. The smallest absolute Gasteiger partial charge is 0.407 e. The largest absolute Gasteiger partial charge is 0.444 e. The van der Waals surface area contributed by atoms with E-state index in [9.17, 15) is 4.79 Å². The predicted molar refractivity (Wildman–Crippen MR) is 32.4 cm³/mol. The van der Waals surface area contributed by atoms with Crippen LogP contribution in [0.3, 0.4) is 0 Å². The topological polar surface area (TPSA) is 58.6 Å². The maximum Gasteiger partial charge on any atom is 0.407 e. The minimum absolute atomic E-state index is 0.0579. The average molecular weight is 143 g/mol. The summed E-state index contributed by atoms with van der Waals surface area (Å²) in [5, 5.41) is 11.7. The zero-order chi connectivity index (χ0) is 7.14. The van der Waals surface area contributed by atoms with Crippen LogP contribution in [0, 0.1) is 0 Å². The molecular formula is C6H9NO3. The van der Waals surface area contributed by atoms with Crippen molar-refractivity contribution in [3.63, 3.8) is 0 Å². The van der Waals surface area contributed by atoms with E-state index in [2.05, 4.69) is 5.32 Å². The lowest BCUT2D eigenvalue weighted by molar-refractivity contribution is 0.113. The molecular weight excluding hydrogens is 134 g/mol. The van der Waals surface area contributed by atoms with E-state index in [4.69, 9.17) is 9.84 Å². The van der Waals surface area contributed by atoms with E-state index in [1.807, 2.05) is 0 Å². The summed E-state index contributed by atoms with van der Waals surface area (Å²) in [6.45, 7) is 0. The maximum absolute atomic E-state index is 10.5. The number of fused-ring (bicyclic) bond motifs is 1. The molecule has 2 fully saturated rings.